The number of para-hydroxylation sites is 2. The molecule has 0 heterocycles. The lowest BCUT2D eigenvalue weighted by atomic mass is 10.2. The van der Waals surface area contributed by atoms with Crippen molar-refractivity contribution in [3.63, 3.8) is 0 Å². The van der Waals surface area contributed by atoms with Crippen LogP contribution in [0, 0.1) is 0 Å². The van der Waals surface area contributed by atoms with E-state index in [0.29, 0.717) is 11.4 Å². The summed E-state index contributed by atoms with van der Waals surface area (Å²) < 4.78 is 5.53. The minimum atomic E-state index is -1.22. The predicted octanol–water partition coefficient (Wildman–Crippen LogP) is 1.81. The molecule has 0 aliphatic carbocycles. The highest BCUT2D eigenvalue weighted by Crippen LogP contribution is 2.26. The summed E-state index contributed by atoms with van der Waals surface area (Å²) in [5.41, 5.74) is 0.463. The number of ether oxygens (including phenoxy) is 1. The summed E-state index contributed by atoms with van der Waals surface area (Å²) in [6, 6.07) is 5.62. The molecule has 0 bridgehead atoms. The second-order valence-electron chi connectivity index (χ2n) is 4.30. The molecule has 0 saturated carbocycles. The number of carbonyl (C=O) groups is 2. The van der Waals surface area contributed by atoms with Crippen LogP contribution in [0.25, 0.3) is 0 Å². The lowest BCUT2D eigenvalue weighted by Gasteiger charge is -2.18. The Balaban J connectivity index is 2.89. The highest BCUT2D eigenvalue weighted by Gasteiger charge is 2.22. The molecule has 1 aromatic carbocycles. The molecule has 0 aliphatic heterocycles. The van der Waals surface area contributed by atoms with Crippen molar-refractivity contribution in [2.24, 2.45) is 0 Å². The molecule has 0 radical (unpaired) electrons. The van der Waals surface area contributed by atoms with Crippen LogP contribution in [-0.2, 0) is 9.59 Å². The number of carboxylic acids is 2. The Morgan fingerprint density at radius 1 is 1.26 bits per heavy atom. The van der Waals surface area contributed by atoms with Gasteiger partial charge in [0.25, 0.3) is 0 Å². The van der Waals surface area contributed by atoms with Crippen LogP contribution >= 0.6 is 0 Å². The molecular formula is C13H17NO5. The number of hydrogen-bond donors (Lipinski definition) is 3. The summed E-state index contributed by atoms with van der Waals surface area (Å²) in [6.07, 6.45) is -0.573. The smallest absolute Gasteiger partial charge is 0.326 e. The second-order valence-corrected chi connectivity index (χ2v) is 4.30. The van der Waals surface area contributed by atoms with Crippen molar-refractivity contribution in [2.75, 3.05) is 5.32 Å². The van der Waals surface area contributed by atoms with Crippen molar-refractivity contribution >= 4 is 17.6 Å². The average Bonchev–Trinajstić information content (AvgIpc) is 2.29. The van der Waals surface area contributed by atoms with E-state index in [4.69, 9.17) is 14.9 Å². The molecule has 6 heteroatoms. The first-order valence-corrected chi connectivity index (χ1v) is 5.87. The van der Waals surface area contributed by atoms with Gasteiger partial charge in [-0.3, -0.25) is 4.79 Å². The summed E-state index contributed by atoms with van der Waals surface area (Å²) in [5, 5.41) is 20.4. The van der Waals surface area contributed by atoms with Crippen LogP contribution in [-0.4, -0.2) is 34.3 Å². The van der Waals surface area contributed by atoms with E-state index in [9.17, 15) is 9.59 Å². The topological polar surface area (TPSA) is 95.9 Å². The zero-order valence-corrected chi connectivity index (χ0v) is 10.8. The van der Waals surface area contributed by atoms with E-state index in [-0.39, 0.29) is 6.10 Å². The largest absolute Gasteiger partial charge is 0.489 e. The van der Waals surface area contributed by atoms with Crippen LogP contribution in [0.15, 0.2) is 24.3 Å². The Hall–Kier alpha value is -2.24. The van der Waals surface area contributed by atoms with Gasteiger partial charge in [0.15, 0.2) is 0 Å². The first-order valence-electron chi connectivity index (χ1n) is 5.87. The average molecular weight is 267 g/mol. The maximum atomic E-state index is 11.0. The maximum Gasteiger partial charge on any atom is 0.326 e. The van der Waals surface area contributed by atoms with Crippen LogP contribution in [0.2, 0.25) is 0 Å². The van der Waals surface area contributed by atoms with E-state index in [1.807, 2.05) is 13.8 Å². The van der Waals surface area contributed by atoms with Gasteiger partial charge in [0.05, 0.1) is 18.2 Å². The highest BCUT2D eigenvalue weighted by atomic mass is 16.5. The number of benzene rings is 1. The summed E-state index contributed by atoms with van der Waals surface area (Å²) in [4.78, 5) is 21.6. The van der Waals surface area contributed by atoms with Crippen molar-refractivity contribution in [3.8, 4) is 5.75 Å². The van der Waals surface area contributed by atoms with E-state index in [1.54, 1.807) is 24.3 Å². The third kappa shape index (κ3) is 4.87. The van der Waals surface area contributed by atoms with E-state index >= 15 is 0 Å². The van der Waals surface area contributed by atoms with Gasteiger partial charge in [0.2, 0.25) is 0 Å². The Morgan fingerprint density at radius 3 is 2.42 bits per heavy atom. The van der Waals surface area contributed by atoms with E-state index in [2.05, 4.69) is 5.32 Å². The number of hydrogen-bond acceptors (Lipinski definition) is 4. The molecule has 0 fully saturated rings. The van der Waals surface area contributed by atoms with Gasteiger partial charge in [-0.15, -0.1) is 0 Å². The molecule has 104 valence electrons. The fraction of sp³-hybridized carbons (Fsp3) is 0.385. The lowest BCUT2D eigenvalue weighted by Crippen LogP contribution is -2.32. The third-order valence-corrected chi connectivity index (χ3v) is 2.26. The fourth-order valence-electron chi connectivity index (χ4n) is 1.50. The number of nitrogens with one attached hydrogen (secondary N) is 1. The Kier molecular flexibility index (Phi) is 5.17. The minimum Gasteiger partial charge on any atom is -0.489 e. The van der Waals surface area contributed by atoms with Crippen molar-refractivity contribution < 1.29 is 24.5 Å². The van der Waals surface area contributed by atoms with Gasteiger partial charge in [0.1, 0.15) is 11.8 Å². The van der Waals surface area contributed by atoms with Crippen molar-refractivity contribution in [3.05, 3.63) is 24.3 Å². The zero-order valence-electron chi connectivity index (χ0n) is 10.8. The normalized spacial score (nSPS) is 11.9. The molecule has 0 amide bonds. The van der Waals surface area contributed by atoms with Crippen LogP contribution in [0.1, 0.15) is 20.3 Å². The van der Waals surface area contributed by atoms with Gasteiger partial charge in [-0.25, -0.2) is 4.79 Å². The number of anilines is 1. The Morgan fingerprint density at radius 2 is 1.89 bits per heavy atom. The van der Waals surface area contributed by atoms with Gasteiger partial charge < -0.3 is 20.3 Å². The van der Waals surface area contributed by atoms with Crippen molar-refractivity contribution in [1.29, 1.82) is 0 Å². The third-order valence-electron chi connectivity index (χ3n) is 2.26. The van der Waals surface area contributed by atoms with Crippen molar-refractivity contribution in [1.82, 2.24) is 0 Å². The minimum absolute atomic E-state index is 0.0642. The predicted molar refractivity (Wildman–Crippen MR) is 69.5 cm³/mol. The fourth-order valence-corrected chi connectivity index (χ4v) is 1.50. The van der Waals surface area contributed by atoms with Gasteiger partial charge in [0, 0.05) is 0 Å². The van der Waals surface area contributed by atoms with E-state index in [1.165, 1.54) is 0 Å². The lowest BCUT2D eigenvalue weighted by molar-refractivity contribution is -0.144. The molecule has 1 aromatic rings. The summed E-state index contributed by atoms with van der Waals surface area (Å²) in [7, 11) is 0. The summed E-state index contributed by atoms with van der Waals surface area (Å²) in [5.74, 6) is -1.90. The molecular weight excluding hydrogens is 250 g/mol. The molecule has 1 atom stereocenters. The quantitative estimate of drug-likeness (QED) is 0.697. The molecule has 1 rings (SSSR count). The molecule has 0 aromatic heterocycles. The second kappa shape index (κ2) is 6.63. The van der Waals surface area contributed by atoms with Crippen LogP contribution in [0.3, 0.4) is 0 Å². The molecule has 0 spiro atoms. The van der Waals surface area contributed by atoms with Crippen LogP contribution < -0.4 is 10.1 Å². The number of rotatable bonds is 7. The van der Waals surface area contributed by atoms with Gasteiger partial charge in [-0.2, -0.15) is 0 Å². The summed E-state index contributed by atoms with van der Waals surface area (Å²) >= 11 is 0. The Labute approximate surface area is 111 Å². The highest BCUT2D eigenvalue weighted by molar-refractivity contribution is 5.84. The molecule has 3 N–H and O–H groups in total. The SMILES string of the molecule is CC(C)Oc1ccccc1NC(CC(=O)O)C(=O)O. The summed E-state index contributed by atoms with van der Waals surface area (Å²) in [6.45, 7) is 3.70. The van der Waals surface area contributed by atoms with Crippen LogP contribution in [0.4, 0.5) is 5.69 Å². The Bertz CT molecular complexity index is 458. The molecule has 0 aliphatic rings. The number of carboxylic acid groups (broad SMARTS) is 2. The molecule has 0 saturated heterocycles. The van der Waals surface area contributed by atoms with E-state index < -0.39 is 24.4 Å². The maximum absolute atomic E-state index is 11.0. The van der Waals surface area contributed by atoms with Gasteiger partial charge >= 0.3 is 11.9 Å². The first kappa shape index (κ1) is 14.8. The van der Waals surface area contributed by atoms with Crippen molar-refractivity contribution in [2.45, 2.75) is 32.4 Å². The van der Waals surface area contributed by atoms with E-state index in [0.717, 1.165) is 0 Å². The standard InChI is InChI=1S/C13H17NO5/c1-8(2)19-11-6-4-3-5-9(11)14-10(13(17)18)7-12(15)16/h3-6,8,10,14H,7H2,1-2H3,(H,15,16)(H,17,18). The molecule has 19 heavy (non-hydrogen) atoms. The molecule has 6 nitrogen and oxygen atoms in total. The van der Waals surface area contributed by atoms with Gasteiger partial charge in [-0.1, -0.05) is 12.1 Å². The number of aliphatic carboxylic acids is 2. The van der Waals surface area contributed by atoms with Gasteiger partial charge in [-0.05, 0) is 26.0 Å². The first-order chi connectivity index (χ1) is 8.90. The molecule has 1 unspecified atom stereocenters. The monoisotopic (exact) mass is 267 g/mol. The zero-order chi connectivity index (χ0) is 14.4. The van der Waals surface area contributed by atoms with Crippen LogP contribution in [0.5, 0.6) is 5.75 Å².